The number of nitrogens with zero attached hydrogens (tertiary/aromatic N) is 2. The van der Waals surface area contributed by atoms with Crippen LogP contribution in [-0.4, -0.2) is 17.0 Å². The Hall–Kier alpha value is -1.76. The van der Waals surface area contributed by atoms with E-state index in [4.69, 9.17) is 5.26 Å². The van der Waals surface area contributed by atoms with Gasteiger partial charge in [-0.2, -0.15) is 5.26 Å². The molecule has 4 nitrogen and oxygen atoms in total. The molecule has 0 aliphatic rings. The summed E-state index contributed by atoms with van der Waals surface area (Å²) in [6, 6.07) is 6.27. The van der Waals surface area contributed by atoms with Crippen molar-refractivity contribution in [3.63, 3.8) is 0 Å². The van der Waals surface area contributed by atoms with E-state index in [1.807, 2.05) is 0 Å². The largest absolute Gasteiger partial charge is 0.356 e. The first-order valence-electron chi connectivity index (χ1n) is 10.8. The zero-order chi connectivity index (χ0) is 23.1. The Morgan fingerprint density at radius 3 is 1.69 bits per heavy atom. The van der Waals surface area contributed by atoms with Gasteiger partial charge in [0, 0.05) is 38.8 Å². The van der Waals surface area contributed by atoms with Crippen LogP contribution in [0.3, 0.4) is 0 Å². The van der Waals surface area contributed by atoms with Gasteiger partial charge in [0.25, 0.3) is 0 Å². The Labute approximate surface area is 181 Å². The van der Waals surface area contributed by atoms with Crippen LogP contribution in [0.25, 0.3) is 0 Å². The number of hydrogen-bond acceptors (Lipinski definition) is 2. The van der Waals surface area contributed by atoms with Crippen LogP contribution in [0.4, 0.5) is 0 Å². The van der Waals surface area contributed by atoms with Gasteiger partial charge in [-0.1, -0.05) is 62.3 Å². The number of nitriles is 1. The second kappa shape index (κ2) is 14.3. The highest BCUT2D eigenvalue weighted by Crippen LogP contribution is 2.20. The molecule has 168 valence electrons. The number of carbonyl (C=O) groups excluding carboxylic acids is 1. The number of aromatic nitrogens is 1. The molecule has 1 heterocycles. The Balaban J connectivity index is 0. The van der Waals surface area contributed by atoms with E-state index in [0.29, 0.717) is 17.3 Å². The maximum absolute atomic E-state index is 10.4. The van der Waals surface area contributed by atoms with Gasteiger partial charge in [0.2, 0.25) is 5.91 Å². The molecule has 0 fully saturated rings. The fourth-order valence-corrected chi connectivity index (χ4v) is 2.16. The number of hydrogen-bond donors (Lipinski definition) is 1. The van der Waals surface area contributed by atoms with E-state index in [1.54, 1.807) is 6.92 Å². The van der Waals surface area contributed by atoms with Crippen molar-refractivity contribution in [2.24, 2.45) is 16.2 Å². The first-order chi connectivity index (χ1) is 13.1. The minimum atomic E-state index is 0.0595. The lowest BCUT2D eigenvalue weighted by Crippen LogP contribution is -2.24. The molecule has 1 rings (SSSR count). The van der Waals surface area contributed by atoms with Gasteiger partial charge < -0.3 is 9.88 Å². The minimum Gasteiger partial charge on any atom is -0.356 e. The van der Waals surface area contributed by atoms with Crippen molar-refractivity contribution in [3.05, 3.63) is 24.5 Å². The molecule has 0 aromatic carbocycles. The van der Waals surface area contributed by atoms with E-state index < -0.39 is 0 Å². The third kappa shape index (κ3) is 28.5. The number of carbonyl (C=O) groups is 1. The fourth-order valence-electron chi connectivity index (χ4n) is 2.16. The number of aryl methyl sites for hydroxylation is 1. The fraction of sp³-hybridized carbons (Fsp3) is 0.760. The number of amides is 1. The third-order valence-electron chi connectivity index (χ3n) is 3.87. The lowest BCUT2D eigenvalue weighted by Gasteiger charge is -2.17. The summed E-state index contributed by atoms with van der Waals surface area (Å²) < 4.78 is 2.24. The molecule has 1 aromatic rings. The second-order valence-electron chi connectivity index (χ2n) is 11.3. The van der Waals surface area contributed by atoms with Crippen LogP contribution in [-0.2, 0) is 11.3 Å². The van der Waals surface area contributed by atoms with Crippen molar-refractivity contribution < 1.29 is 4.79 Å². The molecule has 0 unspecified atom stereocenters. The Morgan fingerprint density at radius 2 is 1.38 bits per heavy atom. The highest BCUT2D eigenvalue weighted by Gasteiger charge is 2.09. The van der Waals surface area contributed by atoms with Crippen LogP contribution >= 0.6 is 0 Å². The molecular formula is C25H47N3O. The Kier molecular flexibility index (Phi) is 14.5. The van der Waals surface area contributed by atoms with Gasteiger partial charge in [0.1, 0.15) is 0 Å². The van der Waals surface area contributed by atoms with Crippen LogP contribution in [0, 0.1) is 27.6 Å². The summed E-state index contributed by atoms with van der Waals surface area (Å²) in [5, 5.41) is 10.9. The molecule has 1 aromatic heterocycles. The predicted molar refractivity (Wildman–Crippen MR) is 126 cm³/mol. The van der Waals surface area contributed by atoms with Crippen molar-refractivity contribution in [2.75, 3.05) is 6.54 Å². The number of nitrogens with one attached hydrogen (secondary N) is 1. The van der Waals surface area contributed by atoms with Gasteiger partial charge >= 0.3 is 0 Å². The van der Waals surface area contributed by atoms with Crippen LogP contribution in [0.2, 0.25) is 0 Å². The van der Waals surface area contributed by atoms with Crippen LogP contribution in [0.15, 0.2) is 24.5 Å². The molecule has 0 saturated carbocycles. The molecule has 4 heteroatoms. The smallest absolute Gasteiger partial charge is 0.216 e. The summed E-state index contributed by atoms with van der Waals surface area (Å²) in [5.41, 5.74) is 0.990. The van der Waals surface area contributed by atoms with E-state index in [-0.39, 0.29) is 11.3 Å². The summed E-state index contributed by atoms with van der Waals surface area (Å²) in [5.74, 6) is 0.0595. The van der Waals surface area contributed by atoms with Crippen LogP contribution in [0.5, 0.6) is 0 Å². The average Bonchev–Trinajstić information content (AvgIpc) is 2.97. The van der Waals surface area contributed by atoms with Crippen molar-refractivity contribution in [2.45, 2.75) is 101 Å². The molecule has 29 heavy (non-hydrogen) atoms. The van der Waals surface area contributed by atoms with E-state index in [0.717, 1.165) is 19.5 Å². The van der Waals surface area contributed by atoms with E-state index >= 15 is 0 Å². The molecule has 0 radical (unpaired) electrons. The van der Waals surface area contributed by atoms with Crippen molar-refractivity contribution in [1.29, 1.82) is 5.26 Å². The summed E-state index contributed by atoms with van der Waals surface area (Å²) in [6.07, 6.45) is 8.51. The molecule has 0 atom stereocenters. The van der Waals surface area contributed by atoms with Crippen molar-refractivity contribution >= 4 is 5.91 Å². The second-order valence-corrected chi connectivity index (χ2v) is 11.3. The molecule has 0 saturated heterocycles. The quantitative estimate of drug-likeness (QED) is 0.584. The maximum atomic E-state index is 10.4. The van der Waals surface area contributed by atoms with E-state index in [2.05, 4.69) is 103 Å². The lowest BCUT2D eigenvalue weighted by atomic mass is 9.91. The van der Waals surface area contributed by atoms with Crippen molar-refractivity contribution in [3.8, 4) is 6.07 Å². The first kappa shape index (κ1) is 29.4. The van der Waals surface area contributed by atoms with Crippen molar-refractivity contribution in [1.82, 2.24) is 9.88 Å². The maximum Gasteiger partial charge on any atom is 0.216 e. The summed E-state index contributed by atoms with van der Waals surface area (Å²) in [6.45, 7) is 23.0. The average molecular weight is 406 g/mol. The molecule has 0 aliphatic heterocycles. The molecule has 0 bridgehead atoms. The van der Waals surface area contributed by atoms with Gasteiger partial charge in [-0.05, 0) is 47.6 Å². The highest BCUT2D eigenvalue weighted by atomic mass is 16.1. The van der Waals surface area contributed by atoms with Gasteiger partial charge in [-0.15, -0.1) is 0 Å². The number of rotatable bonds is 5. The monoisotopic (exact) mass is 405 g/mol. The zero-order valence-corrected chi connectivity index (χ0v) is 20.9. The first-order valence-corrected chi connectivity index (χ1v) is 10.8. The van der Waals surface area contributed by atoms with E-state index in [1.165, 1.54) is 12.8 Å². The minimum absolute atomic E-state index is 0.0595. The summed E-state index contributed by atoms with van der Waals surface area (Å²) >= 11 is 0. The summed E-state index contributed by atoms with van der Waals surface area (Å²) in [7, 11) is 0. The summed E-state index contributed by atoms with van der Waals surface area (Å²) in [4.78, 5) is 10.4. The Morgan fingerprint density at radius 1 is 0.897 bits per heavy atom. The van der Waals surface area contributed by atoms with Crippen LogP contribution < -0.4 is 5.32 Å². The van der Waals surface area contributed by atoms with Gasteiger partial charge in [-0.3, -0.25) is 4.79 Å². The topological polar surface area (TPSA) is 57.8 Å². The zero-order valence-electron chi connectivity index (χ0n) is 20.9. The normalized spacial score (nSPS) is 11.3. The van der Waals surface area contributed by atoms with Crippen LogP contribution in [0.1, 0.15) is 94.9 Å². The van der Waals surface area contributed by atoms with Gasteiger partial charge in [-0.25, -0.2) is 0 Å². The highest BCUT2D eigenvalue weighted by molar-refractivity contribution is 5.72. The standard InChI is InChI=1S/C11H19N.C8H17NO.C6H11N/c1-11(2,3)7-6-10-12-8-4-5-9-12;1-7(10)9-6-5-8(2,3)4;1-6(2,3)4-5-7/h4-5,8-9H,6-7,10H2,1-3H3;5-6H2,1-4H3,(H,9,10);4H2,1-3H3. The third-order valence-corrected chi connectivity index (χ3v) is 3.87. The van der Waals surface area contributed by atoms with E-state index in [9.17, 15) is 4.79 Å². The Bertz CT molecular complexity index is 561. The lowest BCUT2D eigenvalue weighted by molar-refractivity contribution is -0.119. The van der Waals surface area contributed by atoms with Gasteiger partial charge in [0.15, 0.2) is 0 Å². The molecule has 0 spiro atoms. The predicted octanol–water partition coefficient (Wildman–Crippen LogP) is 6.82. The molecule has 1 N–H and O–H groups in total. The molecule has 0 aliphatic carbocycles. The van der Waals surface area contributed by atoms with Gasteiger partial charge in [0.05, 0.1) is 6.07 Å². The SMILES string of the molecule is CC(=O)NCCC(C)(C)C.CC(C)(C)CC#N.CC(C)(C)CCCn1cccc1. The molecule has 1 amide bonds. The molecular weight excluding hydrogens is 358 g/mol.